The zero-order valence-corrected chi connectivity index (χ0v) is 34.8. The first-order chi connectivity index (χ1) is 30.0. The van der Waals surface area contributed by atoms with E-state index in [4.69, 9.17) is 0 Å². The minimum absolute atomic E-state index is 0.954. The predicted molar refractivity (Wildman–Crippen MR) is 262 cm³/mol. The molecule has 0 aliphatic carbocycles. The summed E-state index contributed by atoms with van der Waals surface area (Å²) in [6.45, 7) is 7.51. The van der Waals surface area contributed by atoms with E-state index < -0.39 is 0 Å². The molecule has 1 heterocycles. The molecule has 11 aromatic rings. The lowest BCUT2D eigenvalue weighted by Gasteiger charge is -2.18. The number of fused-ring (bicyclic) bond motifs is 5. The van der Waals surface area contributed by atoms with Gasteiger partial charge in [0.25, 0.3) is 0 Å². The molecular formula is C60H45N. The van der Waals surface area contributed by atoms with Gasteiger partial charge in [0.1, 0.15) is 0 Å². The van der Waals surface area contributed by atoms with Gasteiger partial charge in [-0.3, -0.25) is 0 Å². The Morgan fingerprint density at radius 3 is 1.03 bits per heavy atom. The minimum Gasteiger partial charge on any atom is -0.341 e. The van der Waals surface area contributed by atoms with E-state index in [0.717, 1.165) is 6.54 Å². The smallest absolute Gasteiger partial charge is 0.0491 e. The summed E-state index contributed by atoms with van der Waals surface area (Å²) < 4.78 is 2.41. The summed E-state index contributed by atoms with van der Waals surface area (Å²) in [5.41, 5.74) is 20.0. The van der Waals surface area contributed by atoms with Crippen LogP contribution in [-0.2, 0) is 6.54 Å². The van der Waals surface area contributed by atoms with Gasteiger partial charge in [-0.15, -0.1) is 0 Å². The molecule has 11 rings (SSSR count). The van der Waals surface area contributed by atoms with E-state index in [9.17, 15) is 0 Å². The lowest BCUT2D eigenvalue weighted by molar-refractivity contribution is 0.827. The van der Waals surface area contributed by atoms with Gasteiger partial charge in [-0.1, -0.05) is 199 Å². The molecule has 0 saturated carbocycles. The molecule has 0 aliphatic rings. The van der Waals surface area contributed by atoms with Crippen LogP contribution in [0.2, 0.25) is 0 Å². The van der Waals surface area contributed by atoms with Gasteiger partial charge < -0.3 is 4.57 Å². The molecule has 0 fully saturated rings. The van der Waals surface area contributed by atoms with Crippen molar-refractivity contribution < 1.29 is 0 Å². The highest BCUT2D eigenvalue weighted by atomic mass is 15.0. The summed E-state index contributed by atoms with van der Waals surface area (Å²) in [4.78, 5) is 0. The van der Waals surface area contributed by atoms with Crippen molar-refractivity contribution in [2.75, 3.05) is 0 Å². The molecule has 1 aromatic heterocycles. The molecule has 290 valence electrons. The van der Waals surface area contributed by atoms with Gasteiger partial charge >= 0.3 is 0 Å². The van der Waals surface area contributed by atoms with E-state index in [1.165, 1.54) is 121 Å². The van der Waals surface area contributed by atoms with Crippen LogP contribution in [0.1, 0.15) is 18.1 Å². The van der Waals surface area contributed by atoms with Crippen molar-refractivity contribution in [2.45, 2.75) is 27.3 Å². The number of aromatic nitrogens is 1. The average molecular weight is 780 g/mol. The Kier molecular flexibility index (Phi) is 8.98. The van der Waals surface area contributed by atoms with Crippen LogP contribution in [0.4, 0.5) is 0 Å². The van der Waals surface area contributed by atoms with Gasteiger partial charge in [0, 0.05) is 28.4 Å². The monoisotopic (exact) mass is 779 g/mol. The highest BCUT2D eigenvalue weighted by Gasteiger charge is 2.17. The number of rotatable bonds is 7. The molecule has 0 amide bonds. The van der Waals surface area contributed by atoms with Crippen molar-refractivity contribution in [1.29, 1.82) is 0 Å². The van der Waals surface area contributed by atoms with E-state index >= 15 is 0 Å². The van der Waals surface area contributed by atoms with E-state index in [1.807, 2.05) is 0 Å². The molecule has 0 spiro atoms. The summed E-state index contributed by atoms with van der Waals surface area (Å²) in [5.74, 6) is 0. The van der Waals surface area contributed by atoms with Crippen LogP contribution in [-0.4, -0.2) is 4.57 Å². The van der Waals surface area contributed by atoms with Crippen LogP contribution in [0.5, 0.6) is 0 Å². The van der Waals surface area contributed by atoms with Crippen LogP contribution in [0.3, 0.4) is 0 Å². The minimum atomic E-state index is 0.954. The summed E-state index contributed by atoms with van der Waals surface area (Å²) in [7, 11) is 0. The number of benzene rings is 10. The Labute approximate surface area is 357 Å². The molecule has 61 heavy (non-hydrogen) atoms. The van der Waals surface area contributed by atoms with Crippen molar-refractivity contribution >= 4 is 43.4 Å². The maximum atomic E-state index is 2.41. The fourth-order valence-corrected chi connectivity index (χ4v) is 9.83. The number of hydrogen-bond acceptors (Lipinski definition) is 0. The number of hydrogen-bond donors (Lipinski definition) is 0. The Balaban J connectivity index is 0.908. The Hall–Kier alpha value is -7.48. The molecule has 1 nitrogen and oxygen atoms in total. The van der Waals surface area contributed by atoms with Crippen molar-refractivity contribution in [1.82, 2.24) is 4.57 Å². The molecule has 0 saturated heterocycles. The van der Waals surface area contributed by atoms with Crippen LogP contribution >= 0.6 is 0 Å². The Morgan fingerprint density at radius 2 is 0.607 bits per heavy atom. The van der Waals surface area contributed by atoms with Crippen LogP contribution < -0.4 is 0 Å². The SMILES string of the molecule is CCn1c2ccccc2c2cc(-c3ccc(-c4ccc(-c5c6ccccc6c(-c6ccc(-c7ccc(-c8cc(C)cc(C)c8)cc7)cc6)c6ccccc56)cc4)cc3)ccc21. The summed E-state index contributed by atoms with van der Waals surface area (Å²) in [6.07, 6.45) is 0. The Bertz CT molecular complexity index is 3340. The highest BCUT2D eigenvalue weighted by molar-refractivity contribution is 6.21. The quantitative estimate of drug-likeness (QED) is 0.142. The fourth-order valence-electron chi connectivity index (χ4n) is 9.83. The number of para-hydroxylation sites is 1. The zero-order chi connectivity index (χ0) is 41.0. The third-order valence-corrected chi connectivity index (χ3v) is 12.7. The van der Waals surface area contributed by atoms with Gasteiger partial charge in [-0.25, -0.2) is 0 Å². The second-order valence-electron chi connectivity index (χ2n) is 16.5. The molecule has 0 radical (unpaired) electrons. The van der Waals surface area contributed by atoms with Gasteiger partial charge in [-0.2, -0.15) is 0 Å². The zero-order valence-electron chi connectivity index (χ0n) is 34.8. The van der Waals surface area contributed by atoms with E-state index in [1.54, 1.807) is 0 Å². The fraction of sp³-hybridized carbons (Fsp3) is 0.0667. The van der Waals surface area contributed by atoms with Crippen molar-refractivity contribution in [3.05, 3.63) is 217 Å². The first-order valence-electron chi connectivity index (χ1n) is 21.5. The number of nitrogens with zero attached hydrogens (tertiary/aromatic N) is 1. The third kappa shape index (κ3) is 6.42. The standard InChI is InChI=1S/C60H45N/c1-4-61-57-16-10-9-11-51(57)56-38-49(33-34-58(56)61)45-21-17-41(18-22-45)43-25-29-47(30-26-43)59-52-12-5-7-14-54(52)60(55-15-8-6-13-53(55)59)48-31-27-44(28-32-48)42-19-23-46(24-20-42)50-36-39(2)35-40(3)37-50/h5-38H,4H2,1-3H3. The molecule has 0 aliphatic heterocycles. The molecule has 1 heteroatoms. The number of aryl methyl sites for hydroxylation is 3. The average Bonchev–Trinajstić information content (AvgIpc) is 3.63. The lowest BCUT2D eigenvalue weighted by Crippen LogP contribution is -1.92. The molecule has 0 bridgehead atoms. The van der Waals surface area contributed by atoms with Crippen LogP contribution in [0, 0.1) is 13.8 Å². The topological polar surface area (TPSA) is 4.93 Å². The normalized spacial score (nSPS) is 11.6. The maximum Gasteiger partial charge on any atom is 0.0491 e. The summed E-state index contributed by atoms with van der Waals surface area (Å²) in [5, 5.41) is 7.68. The van der Waals surface area contributed by atoms with Crippen LogP contribution in [0.15, 0.2) is 206 Å². The second kappa shape index (κ2) is 15.0. The van der Waals surface area contributed by atoms with Gasteiger partial charge in [0.2, 0.25) is 0 Å². The van der Waals surface area contributed by atoms with Gasteiger partial charge in [-0.05, 0) is 127 Å². The van der Waals surface area contributed by atoms with E-state index in [0.29, 0.717) is 0 Å². The van der Waals surface area contributed by atoms with Crippen molar-refractivity contribution in [3.63, 3.8) is 0 Å². The summed E-state index contributed by atoms with van der Waals surface area (Å²) >= 11 is 0. The van der Waals surface area contributed by atoms with Crippen LogP contribution in [0.25, 0.3) is 110 Å². The lowest BCUT2D eigenvalue weighted by atomic mass is 9.85. The first kappa shape index (κ1) is 36.6. The second-order valence-corrected chi connectivity index (χ2v) is 16.5. The molecular weight excluding hydrogens is 735 g/mol. The highest BCUT2D eigenvalue weighted by Crippen LogP contribution is 2.44. The third-order valence-electron chi connectivity index (χ3n) is 12.7. The molecule has 0 N–H and O–H groups in total. The Morgan fingerprint density at radius 1 is 0.279 bits per heavy atom. The molecule has 0 unspecified atom stereocenters. The van der Waals surface area contributed by atoms with Gasteiger partial charge in [0.15, 0.2) is 0 Å². The summed E-state index contributed by atoms with van der Waals surface area (Å²) in [6, 6.07) is 76.6. The largest absolute Gasteiger partial charge is 0.341 e. The van der Waals surface area contributed by atoms with Crippen molar-refractivity contribution in [3.8, 4) is 66.8 Å². The van der Waals surface area contributed by atoms with E-state index in [2.05, 4.69) is 232 Å². The molecule has 10 aromatic carbocycles. The predicted octanol–water partition coefficient (Wildman–Crippen LogP) is 16.7. The van der Waals surface area contributed by atoms with Crippen molar-refractivity contribution in [2.24, 2.45) is 0 Å². The molecule has 0 atom stereocenters. The maximum absolute atomic E-state index is 2.41. The van der Waals surface area contributed by atoms with Gasteiger partial charge in [0.05, 0.1) is 0 Å². The first-order valence-corrected chi connectivity index (χ1v) is 21.5. The van der Waals surface area contributed by atoms with E-state index in [-0.39, 0.29) is 0 Å².